The van der Waals surface area contributed by atoms with E-state index in [1.807, 2.05) is 0 Å². The molecule has 1 fully saturated rings. The van der Waals surface area contributed by atoms with Crippen LogP contribution in [0.4, 0.5) is 0 Å². The molecule has 2 unspecified atom stereocenters. The summed E-state index contributed by atoms with van der Waals surface area (Å²) in [7, 11) is 0. The highest BCUT2D eigenvalue weighted by atomic mass is 16.3. The number of rotatable bonds is 5. The molecule has 13 heavy (non-hydrogen) atoms. The Kier molecular flexibility index (Phi) is 5.40. The zero-order chi connectivity index (χ0) is 9.52. The maximum Gasteiger partial charge on any atom is 0.0433 e. The maximum atomic E-state index is 8.91. The molecule has 0 aromatic rings. The third-order valence-electron chi connectivity index (χ3n) is 3.30. The molecule has 1 rings (SSSR count). The topological polar surface area (TPSA) is 40.5 Å². The summed E-state index contributed by atoms with van der Waals surface area (Å²) in [4.78, 5) is 0. The van der Waals surface area contributed by atoms with Crippen LogP contribution in [0.15, 0.2) is 0 Å². The van der Waals surface area contributed by atoms with Gasteiger partial charge in [-0.1, -0.05) is 25.7 Å². The van der Waals surface area contributed by atoms with E-state index in [0.29, 0.717) is 13.2 Å². The van der Waals surface area contributed by atoms with Gasteiger partial charge < -0.3 is 10.2 Å². The first-order valence-corrected chi connectivity index (χ1v) is 5.60. The summed E-state index contributed by atoms with van der Waals surface area (Å²) in [6.45, 7) is 0.655. The Labute approximate surface area is 81.0 Å². The molecule has 0 bridgehead atoms. The van der Waals surface area contributed by atoms with E-state index in [2.05, 4.69) is 0 Å². The van der Waals surface area contributed by atoms with Gasteiger partial charge in [0.1, 0.15) is 0 Å². The molecule has 2 nitrogen and oxygen atoms in total. The fourth-order valence-corrected chi connectivity index (χ4v) is 2.56. The highest BCUT2D eigenvalue weighted by molar-refractivity contribution is 4.75. The van der Waals surface area contributed by atoms with Crippen molar-refractivity contribution < 1.29 is 10.2 Å². The fraction of sp³-hybridized carbons (Fsp3) is 1.00. The molecule has 78 valence electrons. The van der Waals surface area contributed by atoms with Gasteiger partial charge in [-0.15, -0.1) is 0 Å². The Balaban J connectivity index is 2.28. The Morgan fingerprint density at radius 1 is 0.846 bits per heavy atom. The summed E-state index contributed by atoms with van der Waals surface area (Å²) in [5.74, 6) is 1.50. The van der Waals surface area contributed by atoms with Gasteiger partial charge in [0.05, 0.1) is 0 Å². The monoisotopic (exact) mass is 186 g/mol. The Morgan fingerprint density at radius 2 is 1.46 bits per heavy atom. The predicted octanol–water partition coefficient (Wildman–Crippen LogP) is 1.95. The van der Waals surface area contributed by atoms with E-state index < -0.39 is 0 Å². The van der Waals surface area contributed by atoms with Gasteiger partial charge in [-0.05, 0) is 31.1 Å². The van der Waals surface area contributed by atoms with Crippen molar-refractivity contribution in [3.05, 3.63) is 0 Å². The number of aliphatic hydroxyl groups is 2. The Bertz CT molecular complexity index is 123. The molecule has 0 amide bonds. The highest BCUT2D eigenvalue weighted by Gasteiger charge is 2.23. The molecule has 0 aliphatic heterocycles. The summed E-state index contributed by atoms with van der Waals surface area (Å²) in [6.07, 6.45) is 8.34. The smallest absolute Gasteiger partial charge is 0.0433 e. The molecule has 0 aromatic heterocycles. The first-order valence-electron chi connectivity index (χ1n) is 5.60. The van der Waals surface area contributed by atoms with Crippen LogP contribution in [0.3, 0.4) is 0 Å². The van der Waals surface area contributed by atoms with E-state index in [1.54, 1.807) is 0 Å². The van der Waals surface area contributed by atoms with E-state index in [-0.39, 0.29) is 0 Å². The minimum atomic E-state index is 0.322. The average Bonchev–Trinajstić information content (AvgIpc) is 2.17. The van der Waals surface area contributed by atoms with Crippen molar-refractivity contribution in [3.63, 3.8) is 0 Å². The van der Waals surface area contributed by atoms with Crippen LogP contribution in [0.25, 0.3) is 0 Å². The van der Waals surface area contributed by atoms with Gasteiger partial charge in [-0.3, -0.25) is 0 Å². The third-order valence-corrected chi connectivity index (χ3v) is 3.30. The van der Waals surface area contributed by atoms with Crippen molar-refractivity contribution in [1.82, 2.24) is 0 Å². The van der Waals surface area contributed by atoms with Crippen LogP contribution in [0.5, 0.6) is 0 Å². The zero-order valence-corrected chi connectivity index (χ0v) is 8.41. The zero-order valence-electron chi connectivity index (χ0n) is 8.41. The Hall–Kier alpha value is -0.0800. The van der Waals surface area contributed by atoms with Gasteiger partial charge in [0.25, 0.3) is 0 Å². The lowest BCUT2D eigenvalue weighted by Gasteiger charge is -2.31. The molecule has 0 aromatic carbocycles. The minimum Gasteiger partial charge on any atom is -0.396 e. The molecule has 0 saturated heterocycles. The molecule has 1 saturated carbocycles. The summed E-state index contributed by atoms with van der Waals surface area (Å²) in [6, 6.07) is 0. The lowest BCUT2D eigenvalue weighted by molar-refractivity contribution is 0.158. The fourth-order valence-electron chi connectivity index (χ4n) is 2.56. The predicted molar refractivity (Wildman–Crippen MR) is 53.5 cm³/mol. The van der Waals surface area contributed by atoms with Crippen molar-refractivity contribution in [2.24, 2.45) is 11.8 Å². The van der Waals surface area contributed by atoms with Crippen LogP contribution >= 0.6 is 0 Å². The van der Waals surface area contributed by atoms with Gasteiger partial charge in [-0.2, -0.15) is 0 Å². The molecule has 2 atom stereocenters. The first-order chi connectivity index (χ1) is 6.38. The second kappa shape index (κ2) is 6.39. The van der Waals surface area contributed by atoms with E-state index in [4.69, 9.17) is 10.2 Å². The normalized spacial score (nSPS) is 29.1. The molecule has 0 radical (unpaired) electrons. The minimum absolute atomic E-state index is 0.322. The quantitative estimate of drug-likeness (QED) is 0.689. The van der Waals surface area contributed by atoms with E-state index in [9.17, 15) is 0 Å². The van der Waals surface area contributed by atoms with Crippen LogP contribution in [0, 0.1) is 11.8 Å². The van der Waals surface area contributed by atoms with Crippen molar-refractivity contribution in [2.45, 2.75) is 44.9 Å². The first kappa shape index (κ1) is 11.0. The molecule has 1 aliphatic rings. The van der Waals surface area contributed by atoms with Crippen molar-refractivity contribution in [1.29, 1.82) is 0 Å². The van der Waals surface area contributed by atoms with Crippen LogP contribution in [0.2, 0.25) is 0 Å². The molecule has 2 heteroatoms. The number of hydrogen-bond donors (Lipinski definition) is 2. The van der Waals surface area contributed by atoms with Crippen LogP contribution in [-0.4, -0.2) is 23.4 Å². The molecule has 0 spiro atoms. The molecule has 1 aliphatic carbocycles. The number of aliphatic hydroxyl groups excluding tert-OH is 2. The van der Waals surface area contributed by atoms with E-state index >= 15 is 0 Å². The molecule has 0 heterocycles. The van der Waals surface area contributed by atoms with Gasteiger partial charge >= 0.3 is 0 Å². The largest absolute Gasteiger partial charge is 0.396 e. The second-order valence-electron chi connectivity index (χ2n) is 4.18. The van der Waals surface area contributed by atoms with E-state index in [0.717, 1.165) is 31.1 Å². The lowest BCUT2D eigenvalue weighted by atomic mass is 9.75. The summed E-state index contributed by atoms with van der Waals surface area (Å²) in [5, 5.41) is 17.7. The SMILES string of the molecule is OCCCC1CCCCC1CCO. The average molecular weight is 186 g/mol. The molecular weight excluding hydrogens is 164 g/mol. The summed E-state index contributed by atoms with van der Waals surface area (Å²) in [5.41, 5.74) is 0. The van der Waals surface area contributed by atoms with Crippen LogP contribution < -0.4 is 0 Å². The standard InChI is InChI=1S/C11H22O2/c12-8-3-6-10-4-1-2-5-11(10)7-9-13/h10-13H,1-9H2. The van der Waals surface area contributed by atoms with Gasteiger partial charge in [-0.25, -0.2) is 0 Å². The lowest BCUT2D eigenvalue weighted by Crippen LogP contribution is -2.20. The highest BCUT2D eigenvalue weighted by Crippen LogP contribution is 2.34. The third kappa shape index (κ3) is 3.65. The van der Waals surface area contributed by atoms with E-state index in [1.165, 1.54) is 25.7 Å². The van der Waals surface area contributed by atoms with Crippen molar-refractivity contribution >= 4 is 0 Å². The summed E-state index contributed by atoms with van der Waals surface area (Å²) >= 11 is 0. The van der Waals surface area contributed by atoms with Crippen molar-refractivity contribution in [3.8, 4) is 0 Å². The molecular formula is C11H22O2. The molecule has 2 N–H and O–H groups in total. The maximum absolute atomic E-state index is 8.91. The van der Waals surface area contributed by atoms with Crippen molar-refractivity contribution in [2.75, 3.05) is 13.2 Å². The van der Waals surface area contributed by atoms with Crippen LogP contribution in [-0.2, 0) is 0 Å². The van der Waals surface area contributed by atoms with Gasteiger partial charge in [0, 0.05) is 13.2 Å². The van der Waals surface area contributed by atoms with Crippen LogP contribution in [0.1, 0.15) is 44.9 Å². The van der Waals surface area contributed by atoms with Gasteiger partial charge in [0.15, 0.2) is 0 Å². The van der Waals surface area contributed by atoms with Gasteiger partial charge in [0.2, 0.25) is 0 Å². The second-order valence-corrected chi connectivity index (χ2v) is 4.18. The Morgan fingerprint density at radius 3 is 2.00 bits per heavy atom. The number of hydrogen-bond acceptors (Lipinski definition) is 2. The summed E-state index contributed by atoms with van der Waals surface area (Å²) < 4.78 is 0.